The van der Waals surface area contributed by atoms with Crippen LogP contribution in [0, 0.1) is 0 Å². The summed E-state index contributed by atoms with van der Waals surface area (Å²) in [6.07, 6.45) is 1.61. The van der Waals surface area contributed by atoms with Crippen molar-refractivity contribution in [2.45, 2.75) is 19.9 Å². The number of aryl methyl sites for hydroxylation is 1. The summed E-state index contributed by atoms with van der Waals surface area (Å²) in [6.45, 7) is -0.819. The fraction of sp³-hybridized carbons (Fsp3) is 0.600. The van der Waals surface area contributed by atoms with Crippen molar-refractivity contribution in [2.24, 2.45) is 0 Å². The predicted molar refractivity (Wildman–Crippen MR) is 30.7 cm³/mol. The molecule has 0 bridgehead atoms. The van der Waals surface area contributed by atoms with Crippen LogP contribution in [-0.2, 0) is 6.42 Å². The standard InChI is InChI=1S/C5H7F2N3/c1-2-4-8-3-9-10(4)5(6)7/h3,5H,2H2,1H3. The summed E-state index contributed by atoms with van der Waals surface area (Å²) in [4.78, 5) is 3.63. The van der Waals surface area contributed by atoms with Crippen LogP contribution in [0.15, 0.2) is 6.33 Å². The summed E-state index contributed by atoms with van der Waals surface area (Å²) < 4.78 is 24.4. The molecule has 0 aliphatic carbocycles. The molecule has 0 saturated carbocycles. The molecular formula is C5H7F2N3. The molecule has 0 aliphatic rings. The Bertz CT molecular complexity index is 208. The van der Waals surface area contributed by atoms with E-state index in [9.17, 15) is 8.78 Å². The third-order valence-corrected chi connectivity index (χ3v) is 1.15. The minimum atomic E-state index is -2.57. The molecule has 1 aromatic rings. The third-order valence-electron chi connectivity index (χ3n) is 1.15. The minimum Gasteiger partial charge on any atom is -0.220 e. The maximum absolute atomic E-state index is 11.9. The lowest BCUT2D eigenvalue weighted by atomic mass is 10.5. The molecule has 0 aliphatic heterocycles. The summed E-state index contributed by atoms with van der Waals surface area (Å²) >= 11 is 0. The first-order valence-corrected chi connectivity index (χ1v) is 2.92. The summed E-state index contributed by atoms with van der Waals surface area (Å²) in [7, 11) is 0. The Morgan fingerprint density at radius 2 is 2.40 bits per heavy atom. The molecule has 1 heterocycles. The Morgan fingerprint density at radius 1 is 1.70 bits per heavy atom. The van der Waals surface area contributed by atoms with Crippen LogP contribution in [-0.4, -0.2) is 14.8 Å². The molecule has 3 nitrogen and oxygen atoms in total. The van der Waals surface area contributed by atoms with Crippen molar-refractivity contribution < 1.29 is 8.78 Å². The zero-order valence-electron chi connectivity index (χ0n) is 5.46. The number of alkyl halides is 2. The molecule has 5 heteroatoms. The van der Waals surface area contributed by atoms with Gasteiger partial charge in [-0.1, -0.05) is 6.92 Å². The number of halogens is 2. The largest absolute Gasteiger partial charge is 0.334 e. The van der Waals surface area contributed by atoms with Crippen molar-refractivity contribution in [1.82, 2.24) is 14.8 Å². The molecule has 10 heavy (non-hydrogen) atoms. The van der Waals surface area contributed by atoms with Gasteiger partial charge in [-0.05, 0) is 0 Å². The van der Waals surface area contributed by atoms with Crippen molar-refractivity contribution in [3.8, 4) is 0 Å². The van der Waals surface area contributed by atoms with E-state index in [1.54, 1.807) is 6.92 Å². The molecule has 1 aromatic heterocycles. The monoisotopic (exact) mass is 147 g/mol. The minimum absolute atomic E-state index is 0.315. The first kappa shape index (κ1) is 7.11. The highest BCUT2D eigenvalue weighted by Gasteiger charge is 2.10. The van der Waals surface area contributed by atoms with E-state index >= 15 is 0 Å². The van der Waals surface area contributed by atoms with Crippen LogP contribution in [0.4, 0.5) is 8.78 Å². The molecule has 56 valence electrons. The zero-order chi connectivity index (χ0) is 7.56. The summed E-state index contributed by atoms with van der Waals surface area (Å²) in [6, 6.07) is 0. The summed E-state index contributed by atoms with van der Waals surface area (Å²) in [5.74, 6) is 0.315. The van der Waals surface area contributed by atoms with Crippen LogP contribution < -0.4 is 0 Å². The van der Waals surface area contributed by atoms with E-state index in [1.807, 2.05) is 0 Å². The Labute approximate surface area is 56.7 Å². The van der Waals surface area contributed by atoms with E-state index in [1.165, 1.54) is 0 Å². The smallest absolute Gasteiger partial charge is 0.220 e. The third kappa shape index (κ3) is 1.12. The SMILES string of the molecule is CCc1ncnn1C(F)F. The van der Waals surface area contributed by atoms with Gasteiger partial charge in [-0.3, -0.25) is 0 Å². The Morgan fingerprint density at radius 3 is 2.80 bits per heavy atom. The van der Waals surface area contributed by atoms with Crippen molar-refractivity contribution in [2.75, 3.05) is 0 Å². The molecule has 0 fully saturated rings. The number of hydrogen-bond acceptors (Lipinski definition) is 2. The molecule has 0 saturated heterocycles. The first-order chi connectivity index (χ1) is 4.75. The van der Waals surface area contributed by atoms with E-state index in [4.69, 9.17) is 0 Å². The van der Waals surface area contributed by atoms with Crippen LogP contribution in [0.1, 0.15) is 19.3 Å². The van der Waals surface area contributed by atoms with Crippen molar-refractivity contribution in [3.05, 3.63) is 12.2 Å². The van der Waals surface area contributed by atoms with Crippen LogP contribution in [0.3, 0.4) is 0 Å². The van der Waals surface area contributed by atoms with E-state index in [0.717, 1.165) is 6.33 Å². The number of nitrogens with zero attached hydrogens (tertiary/aromatic N) is 3. The van der Waals surface area contributed by atoms with Gasteiger partial charge in [0.05, 0.1) is 0 Å². The Balaban J connectivity index is 2.90. The van der Waals surface area contributed by atoms with Crippen LogP contribution in [0.2, 0.25) is 0 Å². The maximum atomic E-state index is 11.9. The van der Waals surface area contributed by atoms with E-state index in [2.05, 4.69) is 10.1 Å². The van der Waals surface area contributed by atoms with Gasteiger partial charge in [0, 0.05) is 6.42 Å². The number of hydrogen-bond donors (Lipinski definition) is 0. The average molecular weight is 147 g/mol. The van der Waals surface area contributed by atoms with Crippen LogP contribution in [0.25, 0.3) is 0 Å². The van der Waals surface area contributed by atoms with Gasteiger partial charge in [-0.2, -0.15) is 18.6 Å². The highest BCUT2D eigenvalue weighted by atomic mass is 19.3. The fourth-order valence-electron chi connectivity index (χ4n) is 0.690. The lowest BCUT2D eigenvalue weighted by molar-refractivity contribution is 0.0531. The molecule has 0 aromatic carbocycles. The van der Waals surface area contributed by atoms with Crippen molar-refractivity contribution >= 4 is 0 Å². The normalized spacial score (nSPS) is 10.8. The highest BCUT2D eigenvalue weighted by Crippen LogP contribution is 2.09. The second-order valence-corrected chi connectivity index (χ2v) is 1.75. The van der Waals surface area contributed by atoms with Gasteiger partial charge in [0.1, 0.15) is 12.2 Å². The lowest BCUT2D eigenvalue weighted by Gasteiger charge is -1.99. The van der Waals surface area contributed by atoms with Gasteiger partial charge in [-0.15, -0.1) is 0 Å². The van der Waals surface area contributed by atoms with Crippen LogP contribution in [0.5, 0.6) is 0 Å². The van der Waals surface area contributed by atoms with Gasteiger partial charge >= 0.3 is 6.55 Å². The molecule has 0 spiro atoms. The van der Waals surface area contributed by atoms with E-state index in [-0.39, 0.29) is 0 Å². The topological polar surface area (TPSA) is 30.7 Å². The molecule has 0 atom stereocenters. The fourth-order valence-corrected chi connectivity index (χ4v) is 0.690. The van der Waals surface area contributed by atoms with Gasteiger partial charge in [0.15, 0.2) is 0 Å². The maximum Gasteiger partial charge on any atom is 0.334 e. The average Bonchev–Trinajstić information content (AvgIpc) is 2.33. The van der Waals surface area contributed by atoms with Gasteiger partial charge < -0.3 is 0 Å². The number of rotatable bonds is 2. The van der Waals surface area contributed by atoms with Gasteiger partial charge in [0.25, 0.3) is 0 Å². The molecule has 0 unspecified atom stereocenters. The van der Waals surface area contributed by atoms with Gasteiger partial charge in [0.2, 0.25) is 0 Å². The Hall–Kier alpha value is -1.00. The van der Waals surface area contributed by atoms with E-state index < -0.39 is 6.55 Å². The molecule has 1 rings (SSSR count). The predicted octanol–water partition coefficient (Wildman–Crippen LogP) is 1.24. The zero-order valence-corrected chi connectivity index (χ0v) is 5.46. The van der Waals surface area contributed by atoms with Crippen molar-refractivity contribution in [3.63, 3.8) is 0 Å². The van der Waals surface area contributed by atoms with Gasteiger partial charge in [-0.25, -0.2) is 4.98 Å². The molecule has 0 amide bonds. The number of aromatic nitrogens is 3. The molecule has 0 radical (unpaired) electrons. The first-order valence-electron chi connectivity index (χ1n) is 2.92. The quantitative estimate of drug-likeness (QED) is 0.630. The Kier molecular flexibility index (Phi) is 1.94. The second-order valence-electron chi connectivity index (χ2n) is 1.75. The van der Waals surface area contributed by atoms with Crippen LogP contribution >= 0.6 is 0 Å². The summed E-state index contributed by atoms with van der Waals surface area (Å²) in [5, 5.41) is 3.34. The lowest BCUT2D eigenvalue weighted by Crippen LogP contribution is -2.04. The highest BCUT2D eigenvalue weighted by molar-refractivity contribution is 4.82. The molecular weight excluding hydrogens is 140 g/mol. The van der Waals surface area contributed by atoms with E-state index in [0.29, 0.717) is 16.9 Å². The second kappa shape index (κ2) is 2.72. The van der Waals surface area contributed by atoms with Crippen molar-refractivity contribution in [1.29, 1.82) is 0 Å². The summed E-state index contributed by atoms with van der Waals surface area (Å²) in [5.41, 5.74) is 0. The molecule has 0 N–H and O–H groups in total.